The number of hydrogen-bond acceptors (Lipinski definition) is 5. The predicted octanol–water partition coefficient (Wildman–Crippen LogP) is 3.31. The molecule has 5 rings (SSSR count). The van der Waals surface area contributed by atoms with E-state index in [0.717, 1.165) is 62.1 Å². The second kappa shape index (κ2) is 7.13. The van der Waals surface area contributed by atoms with E-state index in [2.05, 4.69) is 32.1 Å². The molecule has 2 aliphatic rings. The van der Waals surface area contributed by atoms with Gasteiger partial charge in [-0.25, -0.2) is 4.98 Å². The van der Waals surface area contributed by atoms with Gasteiger partial charge in [0.15, 0.2) is 0 Å². The lowest BCUT2D eigenvalue weighted by molar-refractivity contribution is -0.138. The van der Waals surface area contributed by atoms with Crippen LogP contribution in [-0.4, -0.2) is 44.0 Å². The Hall–Kier alpha value is -2.96. The molecule has 1 atom stereocenters. The molecule has 2 aromatic heterocycles. The van der Waals surface area contributed by atoms with Crippen molar-refractivity contribution in [3.8, 4) is 5.75 Å². The van der Waals surface area contributed by atoms with Crippen molar-refractivity contribution < 1.29 is 9.53 Å². The van der Waals surface area contributed by atoms with Crippen molar-refractivity contribution in [1.29, 1.82) is 0 Å². The molecule has 0 radical (unpaired) electrons. The first-order chi connectivity index (χ1) is 14.2. The number of rotatable bonds is 4. The third-order valence-corrected chi connectivity index (χ3v) is 6.57. The molecule has 0 unspecified atom stereocenters. The van der Waals surface area contributed by atoms with Gasteiger partial charge in [-0.05, 0) is 49.4 Å². The molecular formula is C22H25N5O2. The average Bonchev–Trinajstić information content (AvgIpc) is 3.53. The lowest BCUT2D eigenvalue weighted by atomic mass is 9.77. The van der Waals surface area contributed by atoms with Gasteiger partial charge in [-0.1, -0.05) is 25.0 Å². The van der Waals surface area contributed by atoms with Gasteiger partial charge in [0, 0.05) is 12.7 Å². The summed E-state index contributed by atoms with van der Waals surface area (Å²) in [6.07, 6.45) is 9.17. The number of amides is 1. The van der Waals surface area contributed by atoms with Gasteiger partial charge in [0.2, 0.25) is 5.91 Å². The lowest BCUT2D eigenvalue weighted by Crippen LogP contribution is -2.45. The van der Waals surface area contributed by atoms with Crippen LogP contribution in [0.3, 0.4) is 0 Å². The summed E-state index contributed by atoms with van der Waals surface area (Å²) in [6, 6.07) is 10.0. The van der Waals surface area contributed by atoms with E-state index < -0.39 is 5.41 Å². The fourth-order valence-electron chi connectivity index (χ4n) is 5.12. The van der Waals surface area contributed by atoms with Crippen molar-refractivity contribution in [2.75, 3.05) is 13.7 Å². The molecule has 2 fully saturated rings. The zero-order valence-electron chi connectivity index (χ0n) is 16.6. The number of benzene rings is 1. The highest BCUT2D eigenvalue weighted by atomic mass is 16.5. The normalized spacial score (nSPS) is 21.0. The summed E-state index contributed by atoms with van der Waals surface area (Å²) in [7, 11) is 1.67. The third-order valence-electron chi connectivity index (χ3n) is 6.57. The van der Waals surface area contributed by atoms with Gasteiger partial charge in [-0.15, -0.1) is 0 Å². The lowest BCUT2D eigenvalue weighted by Gasteiger charge is -2.36. The molecule has 1 aromatic carbocycles. The standard InChI is InChI=1S/C22H25N5O2/c1-29-17-8-6-16(7-9-17)22(11-2-3-12-22)20(28)26-14-4-5-18(26)19-10-13-23-21-24-15-25-27(19)21/h6-10,13,15,18H,2-5,11-12,14H2,1H3/t18-/m0/s1. The molecule has 1 aliphatic heterocycles. The number of hydrogen-bond donors (Lipinski definition) is 0. The predicted molar refractivity (Wildman–Crippen MR) is 108 cm³/mol. The number of methoxy groups -OCH3 is 1. The molecule has 1 saturated heterocycles. The summed E-state index contributed by atoms with van der Waals surface area (Å²) in [5.74, 6) is 1.64. The Balaban J connectivity index is 1.52. The van der Waals surface area contributed by atoms with E-state index in [-0.39, 0.29) is 11.9 Å². The zero-order chi connectivity index (χ0) is 19.8. The van der Waals surface area contributed by atoms with Crippen molar-refractivity contribution >= 4 is 11.7 Å². The summed E-state index contributed by atoms with van der Waals surface area (Å²) in [6.45, 7) is 0.778. The highest BCUT2D eigenvalue weighted by Crippen LogP contribution is 2.46. The fraction of sp³-hybridized carbons (Fsp3) is 0.455. The van der Waals surface area contributed by atoms with Gasteiger partial charge in [-0.3, -0.25) is 4.79 Å². The number of carbonyl (C=O) groups excluding carboxylic acids is 1. The molecule has 3 heterocycles. The van der Waals surface area contributed by atoms with Crippen LogP contribution in [0, 0.1) is 0 Å². The molecule has 1 saturated carbocycles. The Bertz CT molecular complexity index is 1020. The summed E-state index contributed by atoms with van der Waals surface area (Å²) in [4.78, 5) is 24.6. The van der Waals surface area contributed by atoms with Crippen molar-refractivity contribution in [3.05, 3.63) is 54.1 Å². The number of fused-ring (bicyclic) bond motifs is 1. The molecule has 3 aromatic rings. The van der Waals surface area contributed by atoms with Crippen LogP contribution in [0.25, 0.3) is 5.78 Å². The summed E-state index contributed by atoms with van der Waals surface area (Å²) in [5, 5.41) is 4.34. The van der Waals surface area contributed by atoms with Crippen LogP contribution < -0.4 is 4.74 Å². The first-order valence-electron chi connectivity index (χ1n) is 10.3. The van der Waals surface area contributed by atoms with Crippen molar-refractivity contribution in [3.63, 3.8) is 0 Å². The Morgan fingerprint density at radius 1 is 1.10 bits per heavy atom. The number of nitrogens with zero attached hydrogens (tertiary/aromatic N) is 5. The Labute approximate surface area is 169 Å². The average molecular weight is 391 g/mol. The van der Waals surface area contributed by atoms with Crippen LogP contribution in [0.5, 0.6) is 5.75 Å². The molecule has 0 spiro atoms. The minimum atomic E-state index is -0.441. The zero-order valence-corrected chi connectivity index (χ0v) is 16.6. The first kappa shape index (κ1) is 18.1. The van der Waals surface area contributed by atoms with Gasteiger partial charge >= 0.3 is 0 Å². The van der Waals surface area contributed by atoms with E-state index in [4.69, 9.17) is 4.74 Å². The maximum Gasteiger partial charge on any atom is 0.252 e. The Kier molecular flexibility index (Phi) is 4.45. The largest absolute Gasteiger partial charge is 0.497 e. The number of likely N-dealkylation sites (tertiary alicyclic amines) is 1. The molecule has 29 heavy (non-hydrogen) atoms. The minimum absolute atomic E-state index is 0.00502. The second-order valence-corrected chi connectivity index (χ2v) is 8.02. The van der Waals surface area contributed by atoms with Crippen molar-refractivity contribution in [2.45, 2.75) is 50.0 Å². The summed E-state index contributed by atoms with van der Waals surface area (Å²) < 4.78 is 7.09. The van der Waals surface area contributed by atoms with Crippen LogP contribution in [0.15, 0.2) is 42.9 Å². The third kappa shape index (κ3) is 2.87. The smallest absolute Gasteiger partial charge is 0.252 e. The van der Waals surface area contributed by atoms with E-state index >= 15 is 0 Å². The number of carbonyl (C=O) groups is 1. The maximum absolute atomic E-state index is 14.0. The van der Waals surface area contributed by atoms with E-state index in [0.29, 0.717) is 5.78 Å². The highest BCUT2D eigenvalue weighted by molar-refractivity contribution is 5.89. The highest BCUT2D eigenvalue weighted by Gasteiger charge is 2.47. The van der Waals surface area contributed by atoms with Crippen molar-refractivity contribution in [2.24, 2.45) is 0 Å². The van der Waals surface area contributed by atoms with Gasteiger partial charge in [0.25, 0.3) is 5.78 Å². The molecule has 7 nitrogen and oxygen atoms in total. The molecule has 1 aliphatic carbocycles. The van der Waals surface area contributed by atoms with Crippen LogP contribution >= 0.6 is 0 Å². The molecule has 150 valence electrons. The summed E-state index contributed by atoms with van der Waals surface area (Å²) >= 11 is 0. The molecular weight excluding hydrogens is 366 g/mol. The van der Waals surface area contributed by atoms with Crippen molar-refractivity contribution in [1.82, 2.24) is 24.5 Å². The quantitative estimate of drug-likeness (QED) is 0.682. The SMILES string of the molecule is COc1ccc(C2(C(=O)N3CCC[C@H]3c3ccnc4ncnn34)CCCC2)cc1. The van der Waals surface area contributed by atoms with Crippen LogP contribution in [-0.2, 0) is 10.2 Å². The molecule has 7 heteroatoms. The Morgan fingerprint density at radius 2 is 1.90 bits per heavy atom. The summed E-state index contributed by atoms with van der Waals surface area (Å²) in [5.41, 5.74) is 1.65. The molecule has 1 amide bonds. The Morgan fingerprint density at radius 3 is 2.66 bits per heavy atom. The van der Waals surface area contributed by atoms with Crippen LogP contribution in [0.1, 0.15) is 55.8 Å². The minimum Gasteiger partial charge on any atom is -0.497 e. The van der Waals surface area contributed by atoms with E-state index in [9.17, 15) is 4.79 Å². The van der Waals surface area contributed by atoms with Gasteiger partial charge in [0.05, 0.1) is 24.3 Å². The second-order valence-electron chi connectivity index (χ2n) is 8.02. The van der Waals surface area contributed by atoms with Gasteiger partial charge in [-0.2, -0.15) is 14.6 Å². The first-order valence-corrected chi connectivity index (χ1v) is 10.3. The monoisotopic (exact) mass is 391 g/mol. The fourth-order valence-corrected chi connectivity index (χ4v) is 5.12. The number of ether oxygens (including phenoxy) is 1. The number of aromatic nitrogens is 4. The van der Waals surface area contributed by atoms with Crippen LogP contribution in [0.4, 0.5) is 0 Å². The topological polar surface area (TPSA) is 72.6 Å². The van der Waals surface area contributed by atoms with Gasteiger partial charge in [0.1, 0.15) is 12.1 Å². The van der Waals surface area contributed by atoms with E-state index in [1.54, 1.807) is 17.8 Å². The van der Waals surface area contributed by atoms with Crippen LogP contribution in [0.2, 0.25) is 0 Å². The molecule has 0 N–H and O–H groups in total. The van der Waals surface area contributed by atoms with Gasteiger partial charge < -0.3 is 9.64 Å². The van der Waals surface area contributed by atoms with E-state index in [1.807, 2.05) is 18.2 Å². The molecule has 0 bridgehead atoms. The maximum atomic E-state index is 14.0. The van der Waals surface area contributed by atoms with E-state index in [1.165, 1.54) is 6.33 Å².